The number of halogens is 1. The summed E-state index contributed by atoms with van der Waals surface area (Å²) in [4.78, 5) is 11.5. The third kappa shape index (κ3) is 2.74. The number of hydrogen-bond donors (Lipinski definition) is 0. The Bertz CT molecular complexity index is 488. The predicted octanol–water partition coefficient (Wildman–Crippen LogP) is 3.45. The van der Waals surface area contributed by atoms with Gasteiger partial charge in [-0.1, -0.05) is 12.5 Å². The SMILES string of the molecule is CCc1nn(CC)c(CC2=CC(=O)CCC2)c1Br. The Kier molecular flexibility index (Phi) is 4.38. The Labute approximate surface area is 116 Å². The smallest absolute Gasteiger partial charge is 0.155 e. The maximum absolute atomic E-state index is 11.5. The van der Waals surface area contributed by atoms with Gasteiger partial charge < -0.3 is 0 Å². The number of carbonyl (C=O) groups excluding carboxylic acids is 1. The normalized spacial score (nSPS) is 15.9. The summed E-state index contributed by atoms with van der Waals surface area (Å²) in [6.45, 7) is 5.08. The van der Waals surface area contributed by atoms with Crippen LogP contribution in [-0.2, 0) is 24.2 Å². The van der Waals surface area contributed by atoms with E-state index in [1.807, 2.05) is 10.8 Å². The lowest BCUT2D eigenvalue weighted by Gasteiger charge is -2.13. The Balaban J connectivity index is 2.28. The van der Waals surface area contributed by atoms with Gasteiger partial charge in [0.1, 0.15) is 0 Å². The standard InChI is InChI=1S/C14H19BrN2O/c1-3-12-14(15)13(17(4-2)16-12)9-10-6-5-7-11(18)8-10/h8H,3-7,9H2,1-2H3. The first kappa shape index (κ1) is 13.5. The molecule has 1 aromatic rings. The van der Waals surface area contributed by atoms with Crippen LogP contribution in [0.1, 0.15) is 44.5 Å². The highest BCUT2D eigenvalue weighted by atomic mass is 79.9. The lowest BCUT2D eigenvalue weighted by atomic mass is 9.95. The second-order valence-corrected chi connectivity index (χ2v) is 5.47. The molecule has 2 rings (SSSR count). The number of hydrogen-bond acceptors (Lipinski definition) is 2. The molecule has 0 N–H and O–H groups in total. The number of aryl methyl sites for hydroxylation is 2. The molecule has 1 heterocycles. The van der Waals surface area contributed by atoms with Crippen molar-refractivity contribution in [2.24, 2.45) is 0 Å². The molecule has 3 nitrogen and oxygen atoms in total. The maximum Gasteiger partial charge on any atom is 0.155 e. The first-order valence-corrected chi connectivity index (χ1v) is 7.41. The average molecular weight is 311 g/mol. The molecule has 0 fully saturated rings. The van der Waals surface area contributed by atoms with Crippen molar-refractivity contribution in [3.05, 3.63) is 27.5 Å². The van der Waals surface area contributed by atoms with E-state index in [-0.39, 0.29) is 5.78 Å². The average Bonchev–Trinajstić information content (AvgIpc) is 2.66. The second-order valence-electron chi connectivity index (χ2n) is 4.68. The Morgan fingerprint density at radius 2 is 2.17 bits per heavy atom. The zero-order valence-electron chi connectivity index (χ0n) is 11.0. The van der Waals surface area contributed by atoms with Crippen LogP contribution in [0.25, 0.3) is 0 Å². The zero-order chi connectivity index (χ0) is 13.1. The van der Waals surface area contributed by atoms with Crippen molar-refractivity contribution >= 4 is 21.7 Å². The van der Waals surface area contributed by atoms with E-state index >= 15 is 0 Å². The van der Waals surface area contributed by atoms with Crippen molar-refractivity contribution in [2.75, 3.05) is 0 Å². The number of ketones is 1. The summed E-state index contributed by atoms with van der Waals surface area (Å²) in [5, 5.41) is 4.59. The quantitative estimate of drug-likeness (QED) is 0.853. The summed E-state index contributed by atoms with van der Waals surface area (Å²) < 4.78 is 3.16. The molecule has 18 heavy (non-hydrogen) atoms. The number of rotatable bonds is 4. The molecule has 98 valence electrons. The maximum atomic E-state index is 11.5. The van der Waals surface area contributed by atoms with Crippen molar-refractivity contribution in [2.45, 2.75) is 52.5 Å². The molecule has 0 spiro atoms. The molecule has 1 aliphatic carbocycles. The molecule has 0 aromatic carbocycles. The fourth-order valence-corrected chi connectivity index (χ4v) is 3.11. The van der Waals surface area contributed by atoms with Crippen molar-refractivity contribution < 1.29 is 4.79 Å². The van der Waals surface area contributed by atoms with Crippen LogP contribution in [0.3, 0.4) is 0 Å². The fraction of sp³-hybridized carbons (Fsp3) is 0.571. The molecule has 0 atom stereocenters. The number of aromatic nitrogens is 2. The van der Waals surface area contributed by atoms with Crippen LogP contribution in [0.2, 0.25) is 0 Å². The second kappa shape index (κ2) is 5.83. The van der Waals surface area contributed by atoms with E-state index in [0.717, 1.165) is 42.4 Å². The van der Waals surface area contributed by atoms with E-state index in [1.165, 1.54) is 11.3 Å². The lowest BCUT2D eigenvalue weighted by molar-refractivity contribution is -0.115. The summed E-state index contributed by atoms with van der Waals surface area (Å²) in [6, 6.07) is 0. The van der Waals surface area contributed by atoms with Gasteiger partial charge >= 0.3 is 0 Å². The highest BCUT2D eigenvalue weighted by Gasteiger charge is 2.17. The van der Waals surface area contributed by atoms with Crippen LogP contribution in [-0.4, -0.2) is 15.6 Å². The summed E-state index contributed by atoms with van der Waals surface area (Å²) in [5.74, 6) is 0.269. The molecular weight excluding hydrogens is 292 g/mol. The van der Waals surface area contributed by atoms with E-state index < -0.39 is 0 Å². The minimum absolute atomic E-state index is 0.269. The molecule has 0 saturated heterocycles. The molecule has 0 unspecified atom stereocenters. The number of allylic oxidation sites excluding steroid dienone is 2. The van der Waals surface area contributed by atoms with Crippen LogP contribution >= 0.6 is 15.9 Å². The predicted molar refractivity (Wildman–Crippen MR) is 75.6 cm³/mol. The van der Waals surface area contributed by atoms with Gasteiger partial charge in [-0.25, -0.2) is 0 Å². The third-order valence-corrected chi connectivity index (χ3v) is 4.29. The van der Waals surface area contributed by atoms with E-state index in [0.29, 0.717) is 6.42 Å². The number of carbonyl (C=O) groups is 1. The molecule has 0 radical (unpaired) electrons. The van der Waals surface area contributed by atoms with Crippen molar-refractivity contribution in [1.82, 2.24) is 9.78 Å². The van der Waals surface area contributed by atoms with Gasteiger partial charge in [-0.05, 0) is 48.2 Å². The highest BCUT2D eigenvalue weighted by molar-refractivity contribution is 9.10. The Hall–Kier alpha value is -0.900. The van der Waals surface area contributed by atoms with Crippen LogP contribution < -0.4 is 0 Å². The van der Waals surface area contributed by atoms with Crippen molar-refractivity contribution in [3.8, 4) is 0 Å². The van der Waals surface area contributed by atoms with Gasteiger partial charge in [-0.15, -0.1) is 0 Å². The van der Waals surface area contributed by atoms with Crippen LogP contribution in [0.5, 0.6) is 0 Å². The molecule has 4 heteroatoms. The van der Waals surface area contributed by atoms with Crippen LogP contribution in [0, 0.1) is 0 Å². The van der Waals surface area contributed by atoms with Crippen LogP contribution in [0.15, 0.2) is 16.1 Å². The van der Waals surface area contributed by atoms with Gasteiger partial charge in [-0.2, -0.15) is 5.10 Å². The van der Waals surface area contributed by atoms with Gasteiger partial charge in [-0.3, -0.25) is 9.48 Å². The van der Waals surface area contributed by atoms with Crippen molar-refractivity contribution in [3.63, 3.8) is 0 Å². The molecule has 0 saturated carbocycles. The van der Waals surface area contributed by atoms with Gasteiger partial charge in [0.05, 0.1) is 15.9 Å². The topological polar surface area (TPSA) is 34.9 Å². The van der Waals surface area contributed by atoms with E-state index in [1.54, 1.807) is 0 Å². The van der Waals surface area contributed by atoms with Gasteiger partial charge in [0.2, 0.25) is 0 Å². The molecule has 0 amide bonds. The summed E-state index contributed by atoms with van der Waals surface area (Å²) in [5.41, 5.74) is 3.55. The number of nitrogens with zero attached hydrogens (tertiary/aromatic N) is 2. The molecule has 0 aliphatic heterocycles. The van der Waals surface area contributed by atoms with E-state index in [9.17, 15) is 4.79 Å². The monoisotopic (exact) mass is 310 g/mol. The van der Waals surface area contributed by atoms with Crippen molar-refractivity contribution in [1.29, 1.82) is 0 Å². The fourth-order valence-electron chi connectivity index (χ4n) is 2.40. The first-order chi connectivity index (χ1) is 8.65. The van der Waals surface area contributed by atoms with Gasteiger partial charge in [0.25, 0.3) is 0 Å². The minimum atomic E-state index is 0.269. The van der Waals surface area contributed by atoms with Gasteiger partial charge in [0, 0.05) is 19.4 Å². The lowest BCUT2D eigenvalue weighted by Crippen LogP contribution is -2.08. The third-order valence-electron chi connectivity index (χ3n) is 3.37. The summed E-state index contributed by atoms with van der Waals surface area (Å²) in [6.07, 6.45) is 6.33. The van der Waals surface area contributed by atoms with Crippen LogP contribution in [0.4, 0.5) is 0 Å². The largest absolute Gasteiger partial charge is 0.295 e. The zero-order valence-corrected chi connectivity index (χ0v) is 12.6. The summed E-state index contributed by atoms with van der Waals surface area (Å²) in [7, 11) is 0. The summed E-state index contributed by atoms with van der Waals surface area (Å²) >= 11 is 3.65. The molecule has 0 bridgehead atoms. The molecule has 1 aliphatic rings. The van der Waals surface area contributed by atoms with E-state index in [2.05, 4.69) is 34.9 Å². The molecular formula is C14H19BrN2O. The Morgan fingerprint density at radius 1 is 1.39 bits per heavy atom. The highest BCUT2D eigenvalue weighted by Crippen LogP contribution is 2.27. The molecule has 1 aromatic heterocycles. The van der Waals surface area contributed by atoms with Gasteiger partial charge in [0.15, 0.2) is 5.78 Å². The Morgan fingerprint density at radius 3 is 2.78 bits per heavy atom. The van der Waals surface area contributed by atoms with E-state index in [4.69, 9.17) is 0 Å². The minimum Gasteiger partial charge on any atom is -0.295 e. The first-order valence-electron chi connectivity index (χ1n) is 6.62.